The third-order valence-corrected chi connectivity index (χ3v) is 3.47. The highest BCUT2D eigenvalue weighted by Gasteiger charge is 2.06. The van der Waals surface area contributed by atoms with Gasteiger partial charge in [-0.05, 0) is 36.5 Å². The van der Waals surface area contributed by atoms with Gasteiger partial charge >= 0.3 is 0 Å². The SMILES string of the molecule is CCc1cc(=O)c2cc(C(C)CC)ccc2[nH]1. The number of hydrogen-bond acceptors (Lipinski definition) is 1. The molecular formula is C15H19NO. The molecule has 0 aliphatic heterocycles. The van der Waals surface area contributed by atoms with E-state index in [0.717, 1.165) is 29.4 Å². The van der Waals surface area contributed by atoms with E-state index in [1.54, 1.807) is 6.07 Å². The molecule has 0 aliphatic rings. The van der Waals surface area contributed by atoms with E-state index in [1.165, 1.54) is 5.56 Å². The van der Waals surface area contributed by atoms with Gasteiger partial charge in [-0.2, -0.15) is 0 Å². The summed E-state index contributed by atoms with van der Waals surface area (Å²) in [4.78, 5) is 15.3. The summed E-state index contributed by atoms with van der Waals surface area (Å²) in [5, 5.41) is 0.806. The van der Waals surface area contributed by atoms with Crippen LogP contribution >= 0.6 is 0 Å². The number of H-pyrrole nitrogens is 1. The van der Waals surface area contributed by atoms with Crippen LogP contribution in [0.5, 0.6) is 0 Å². The zero-order chi connectivity index (χ0) is 12.4. The summed E-state index contributed by atoms with van der Waals surface area (Å²) in [7, 11) is 0. The lowest BCUT2D eigenvalue weighted by Gasteiger charge is -2.10. The van der Waals surface area contributed by atoms with Gasteiger partial charge in [0.2, 0.25) is 0 Å². The predicted molar refractivity (Wildman–Crippen MR) is 72.7 cm³/mol. The van der Waals surface area contributed by atoms with Gasteiger partial charge in [0.15, 0.2) is 5.43 Å². The van der Waals surface area contributed by atoms with E-state index in [9.17, 15) is 4.79 Å². The Bertz CT molecular complexity index is 583. The first-order valence-electron chi connectivity index (χ1n) is 6.31. The molecule has 0 saturated heterocycles. The summed E-state index contributed by atoms with van der Waals surface area (Å²) in [6.07, 6.45) is 1.95. The molecule has 2 heteroatoms. The Morgan fingerprint density at radius 3 is 2.65 bits per heavy atom. The maximum atomic E-state index is 12.0. The summed E-state index contributed by atoms with van der Waals surface area (Å²) in [6, 6.07) is 7.88. The molecule has 1 N–H and O–H groups in total. The fraction of sp³-hybridized carbons (Fsp3) is 0.400. The molecule has 2 nitrogen and oxygen atoms in total. The van der Waals surface area contributed by atoms with E-state index in [-0.39, 0.29) is 5.43 Å². The minimum Gasteiger partial charge on any atom is -0.358 e. The van der Waals surface area contributed by atoms with Crippen LogP contribution in [0.25, 0.3) is 10.9 Å². The smallest absolute Gasteiger partial charge is 0.189 e. The van der Waals surface area contributed by atoms with Crippen LogP contribution in [0.3, 0.4) is 0 Å². The van der Waals surface area contributed by atoms with Gasteiger partial charge in [0.1, 0.15) is 0 Å². The number of aryl methyl sites for hydroxylation is 1. The predicted octanol–water partition coefficient (Wildman–Crippen LogP) is 3.60. The maximum absolute atomic E-state index is 12.0. The van der Waals surface area contributed by atoms with Crippen molar-refractivity contribution in [2.45, 2.75) is 39.5 Å². The normalized spacial score (nSPS) is 12.9. The first-order chi connectivity index (χ1) is 8.15. The quantitative estimate of drug-likeness (QED) is 0.857. The van der Waals surface area contributed by atoms with Crippen LogP contribution in [0.1, 0.15) is 44.4 Å². The van der Waals surface area contributed by atoms with E-state index in [0.29, 0.717) is 5.92 Å². The summed E-state index contributed by atoms with van der Waals surface area (Å²) in [5.74, 6) is 0.504. The van der Waals surface area contributed by atoms with E-state index in [2.05, 4.69) is 24.9 Å². The standard InChI is InChI=1S/C15H19NO/c1-4-10(3)11-6-7-14-13(8-11)15(17)9-12(5-2)16-14/h6-10H,4-5H2,1-3H3,(H,16,17). The lowest BCUT2D eigenvalue weighted by molar-refractivity contribution is 0.734. The van der Waals surface area contributed by atoms with Gasteiger partial charge in [-0.3, -0.25) is 4.79 Å². The van der Waals surface area contributed by atoms with Gasteiger partial charge in [-0.15, -0.1) is 0 Å². The number of aromatic amines is 1. The molecule has 90 valence electrons. The van der Waals surface area contributed by atoms with Crippen LogP contribution in [0.15, 0.2) is 29.1 Å². The number of rotatable bonds is 3. The summed E-state index contributed by atoms with van der Waals surface area (Å²) in [5.41, 5.74) is 3.32. The molecule has 0 radical (unpaired) electrons. The molecule has 0 amide bonds. The Morgan fingerprint density at radius 2 is 2.00 bits per heavy atom. The highest BCUT2D eigenvalue weighted by Crippen LogP contribution is 2.21. The van der Waals surface area contributed by atoms with Gasteiger partial charge in [0.25, 0.3) is 0 Å². The molecule has 1 atom stereocenters. The number of hydrogen-bond donors (Lipinski definition) is 1. The molecule has 0 aliphatic carbocycles. The Balaban J connectivity index is 2.62. The molecule has 1 unspecified atom stereocenters. The second kappa shape index (κ2) is 4.74. The molecule has 1 heterocycles. The van der Waals surface area contributed by atoms with Crippen LogP contribution in [0.4, 0.5) is 0 Å². The van der Waals surface area contributed by atoms with Crippen LogP contribution in [-0.2, 0) is 6.42 Å². The molecule has 0 bridgehead atoms. The second-order valence-electron chi connectivity index (χ2n) is 4.63. The first kappa shape index (κ1) is 11.9. The maximum Gasteiger partial charge on any atom is 0.189 e. The third kappa shape index (κ3) is 2.26. The van der Waals surface area contributed by atoms with E-state index < -0.39 is 0 Å². The fourth-order valence-electron chi connectivity index (χ4n) is 2.05. The Kier molecular flexibility index (Phi) is 3.32. The first-order valence-corrected chi connectivity index (χ1v) is 6.31. The Labute approximate surface area is 102 Å². The minimum absolute atomic E-state index is 0.126. The molecular weight excluding hydrogens is 210 g/mol. The molecule has 0 saturated carbocycles. The number of aromatic nitrogens is 1. The lowest BCUT2D eigenvalue weighted by Crippen LogP contribution is -2.05. The average Bonchev–Trinajstić information content (AvgIpc) is 2.37. The van der Waals surface area contributed by atoms with Gasteiger partial charge in [-0.1, -0.05) is 26.8 Å². The average molecular weight is 229 g/mol. The lowest BCUT2D eigenvalue weighted by atomic mass is 9.97. The number of pyridine rings is 1. The molecule has 0 fully saturated rings. The van der Waals surface area contributed by atoms with E-state index in [4.69, 9.17) is 0 Å². The fourth-order valence-corrected chi connectivity index (χ4v) is 2.05. The monoisotopic (exact) mass is 229 g/mol. The number of nitrogens with one attached hydrogen (secondary N) is 1. The topological polar surface area (TPSA) is 32.9 Å². The number of fused-ring (bicyclic) bond motifs is 1. The van der Waals surface area contributed by atoms with Gasteiger partial charge < -0.3 is 4.98 Å². The molecule has 17 heavy (non-hydrogen) atoms. The van der Waals surface area contributed by atoms with Crippen molar-refractivity contribution in [2.24, 2.45) is 0 Å². The molecule has 1 aromatic heterocycles. The third-order valence-electron chi connectivity index (χ3n) is 3.47. The molecule has 0 spiro atoms. The van der Waals surface area contributed by atoms with Gasteiger partial charge in [0.05, 0.1) is 0 Å². The van der Waals surface area contributed by atoms with Gasteiger partial charge in [-0.25, -0.2) is 0 Å². The van der Waals surface area contributed by atoms with E-state index >= 15 is 0 Å². The summed E-state index contributed by atoms with van der Waals surface area (Å²) < 4.78 is 0. The van der Waals surface area contributed by atoms with Crippen LogP contribution in [0.2, 0.25) is 0 Å². The van der Waals surface area contributed by atoms with Crippen molar-refractivity contribution in [1.29, 1.82) is 0 Å². The van der Waals surface area contributed by atoms with Crippen LogP contribution < -0.4 is 5.43 Å². The molecule has 2 rings (SSSR count). The summed E-state index contributed by atoms with van der Waals surface area (Å²) >= 11 is 0. The van der Waals surface area contributed by atoms with Crippen molar-refractivity contribution in [3.63, 3.8) is 0 Å². The van der Waals surface area contributed by atoms with Crippen molar-refractivity contribution in [3.8, 4) is 0 Å². The van der Waals surface area contributed by atoms with Gasteiger partial charge in [0, 0.05) is 22.7 Å². The highest BCUT2D eigenvalue weighted by molar-refractivity contribution is 5.79. The van der Waals surface area contributed by atoms with Crippen molar-refractivity contribution in [3.05, 3.63) is 45.7 Å². The zero-order valence-electron chi connectivity index (χ0n) is 10.7. The second-order valence-corrected chi connectivity index (χ2v) is 4.63. The van der Waals surface area contributed by atoms with Crippen molar-refractivity contribution < 1.29 is 0 Å². The van der Waals surface area contributed by atoms with Crippen LogP contribution in [-0.4, -0.2) is 4.98 Å². The highest BCUT2D eigenvalue weighted by atomic mass is 16.1. The molecule has 1 aromatic carbocycles. The summed E-state index contributed by atoms with van der Waals surface area (Å²) in [6.45, 7) is 6.40. The van der Waals surface area contributed by atoms with E-state index in [1.807, 2.05) is 19.1 Å². The van der Waals surface area contributed by atoms with Crippen molar-refractivity contribution in [1.82, 2.24) is 4.98 Å². The Morgan fingerprint density at radius 1 is 1.24 bits per heavy atom. The minimum atomic E-state index is 0.126. The molecule has 2 aromatic rings. The van der Waals surface area contributed by atoms with Crippen LogP contribution in [0, 0.1) is 0 Å². The van der Waals surface area contributed by atoms with Crippen molar-refractivity contribution >= 4 is 10.9 Å². The Hall–Kier alpha value is -1.57. The number of benzene rings is 1. The zero-order valence-corrected chi connectivity index (χ0v) is 10.7. The largest absolute Gasteiger partial charge is 0.358 e. The van der Waals surface area contributed by atoms with Crippen molar-refractivity contribution in [2.75, 3.05) is 0 Å².